The predicted molar refractivity (Wildman–Crippen MR) is 109 cm³/mol. The van der Waals surface area contributed by atoms with Gasteiger partial charge in [0.05, 0.1) is 0 Å². The number of benzene rings is 1. The van der Waals surface area contributed by atoms with Crippen molar-refractivity contribution in [1.29, 1.82) is 0 Å². The van der Waals surface area contributed by atoms with Crippen molar-refractivity contribution in [2.45, 2.75) is 39.5 Å². The molecule has 1 aromatic carbocycles. The standard InChI is InChI=1S/2C6H14OP.C6H5.ClH.Ni/c2*1-3-4-5-8-6-7-2;1-2-4-6-5-3-1;;/h2*3-6H2,1-2H3;1-5H;1H;/q2*-1;;;+3/p-1. The Balaban J connectivity index is 3.25. The molecular weight excluding hydrogens is 404 g/mol. The topological polar surface area (TPSA) is 18.5 Å². The van der Waals surface area contributed by atoms with Crippen LogP contribution >= 0.6 is 23.6 Å². The molecule has 2 unspecified atom stereocenters. The summed E-state index contributed by atoms with van der Waals surface area (Å²) in [5.74, 6) is 0. The quantitative estimate of drug-likeness (QED) is 0.269. The molecule has 0 heterocycles. The molecule has 0 aliphatic heterocycles. The second-order valence-corrected chi connectivity index (χ2v) is 21.3. The molecule has 0 amide bonds. The van der Waals surface area contributed by atoms with E-state index >= 15 is 0 Å². The molecule has 2 atom stereocenters. The number of methoxy groups -OCH3 is 2. The number of unbranched alkanes of at least 4 members (excludes halogenated alkanes) is 2. The molecule has 0 bridgehead atoms. The minimum absolute atomic E-state index is 0.370. The molecule has 144 valence electrons. The van der Waals surface area contributed by atoms with Crippen LogP contribution < -0.4 is 4.53 Å². The number of hydrogen-bond acceptors (Lipinski definition) is 2. The Labute approximate surface area is 157 Å². The van der Waals surface area contributed by atoms with Crippen molar-refractivity contribution >= 4 is 28.1 Å². The van der Waals surface area contributed by atoms with Gasteiger partial charge in [0, 0.05) is 0 Å². The molecule has 0 aromatic heterocycles. The van der Waals surface area contributed by atoms with Crippen molar-refractivity contribution in [2.75, 3.05) is 39.2 Å². The summed E-state index contributed by atoms with van der Waals surface area (Å²) in [5, 5.41) is 0. The first-order valence-corrected chi connectivity index (χ1v) is 16.1. The van der Waals surface area contributed by atoms with Gasteiger partial charge in [0.2, 0.25) is 0 Å². The van der Waals surface area contributed by atoms with E-state index in [-0.39, 0.29) is 13.4 Å². The van der Waals surface area contributed by atoms with E-state index in [9.17, 15) is 0 Å². The van der Waals surface area contributed by atoms with Crippen molar-refractivity contribution in [3.05, 3.63) is 30.3 Å². The van der Waals surface area contributed by atoms with Gasteiger partial charge in [-0.15, -0.1) is 0 Å². The number of halogens is 1. The Hall–Kier alpha value is 0.784. The summed E-state index contributed by atoms with van der Waals surface area (Å²) < 4.78 is 12.6. The molecule has 0 fully saturated rings. The van der Waals surface area contributed by atoms with Crippen molar-refractivity contribution in [1.82, 2.24) is 0 Å². The van der Waals surface area contributed by atoms with Gasteiger partial charge >= 0.3 is 157 Å². The Morgan fingerprint density at radius 2 is 1.33 bits per heavy atom. The molecule has 24 heavy (non-hydrogen) atoms. The van der Waals surface area contributed by atoms with Gasteiger partial charge in [-0.25, -0.2) is 0 Å². The van der Waals surface area contributed by atoms with Gasteiger partial charge in [0.25, 0.3) is 0 Å². The summed E-state index contributed by atoms with van der Waals surface area (Å²) in [4.78, 5) is 0. The van der Waals surface area contributed by atoms with E-state index in [1.165, 1.54) is 42.5 Å². The zero-order valence-corrected chi connectivity index (χ0v) is 19.0. The first kappa shape index (κ1) is 22.8. The summed E-state index contributed by atoms with van der Waals surface area (Å²) in [7, 11) is 9.69. The molecule has 0 aliphatic carbocycles. The Morgan fingerprint density at radius 3 is 1.71 bits per heavy atom. The molecule has 1 aromatic rings. The Kier molecular flexibility index (Phi) is 12.4. The average molecular weight is 438 g/mol. The van der Waals surface area contributed by atoms with Crippen LogP contribution in [0, 0.1) is 0 Å². The number of hydrogen-bond donors (Lipinski definition) is 0. The summed E-state index contributed by atoms with van der Waals surface area (Å²) in [6.45, 7) is 3.77. The minimum atomic E-state index is -1.55. The monoisotopic (exact) mass is 436 g/mol. The molecule has 0 radical (unpaired) electrons. The fraction of sp³-hybridized carbons (Fsp3) is 0.667. The molecule has 0 saturated carbocycles. The van der Waals surface area contributed by atoms with Crippen LogP contribution in [-0.4, -0.2) is 39.2 Å². The van der Waals surface area contributed by atoms with Crippen LogP contribution in [0.3, 0.4) is 0 Å². The van der Waals surface area contributed by atoms with Crippen LogP contribution in [0.5, 0.6) is 0 Å². The van der Waals surface area contributed by atoms with Crippen molar-refractivity contribution in [3.63, 3.8) is 0 Å². The molecule has 6 heteroatoms. The SMILES string of the molecule is CCCC[P](COC)[Ni]([Cl])([c]1ccccc1)[P](CCCC)COC. The summed E-state index contributed by atoms with van der Waals surface area (Å²) >= 11 is 0. The average Bonchev–Trinajstić information content (AvgIpc) is 2.62. The molecule has 2 nitrogen and oxygen atoms in total. The third-order valence-corrected chi connectivity index (χ3v) is 25.3. The van der Waals surface area contributed by atoms with Crippen molar-refractivity contribution in [3.8, 4) is 0 Å². The summed E-state index contributed by atoms with van der Waals surface area (Å²) in [5.41, 5.74) is 0. The van der Waals surface area contributed by atoms with Crippen LogP contribution in [-0.2, 0) is 20.1 Å². The Bertz CT molecular complexity index is 418. The van der Waals surface area contributed by atoms with Crippen LogP contribution in [0.15, 0.2) is 30.3 Å². The fourth-order valence-electron chi connectivity index (χ4n) is 2.22. The fourth-order valence-corrected chi connectivity index (χ4v) is 22.8. The molecular formula is C18H33ClNiO2P2. The second-order valence-electron chi connectivity index (χ2n) is 5.47. The van der Waals surface area contributed by atoms with Crippen LogP contribution in [0.4, 0.5) is 0 Å². The van der Waals surface area contributed by atoms with E-state index in [4.69, 9.17) is 19.7 Å². The number of ether oxygens (including phenoxy) is 2. The zero-order chi connectivity index (χ0) is 17.8. The third kappa shape index (κ3) is 6.50. The molecule has 0 N–H and O–H groups in total. The van der Waals surface area contributed by atoms with E-state index in [1.54, 1.807) is 0 Å². The predicted octanol–water partition coefficient (Wildman–Crippen LogP) is 6.22. The molecule has 0 saturated heterocycles. The maximum atomic E-state index is 7.62. The van der Waals surface area contributed by atoms with E-state index in [0.717, 1.165) is 12.7 Å². The summed E-state index contributed by atoms with van der Waals surface area (Å²) in [6, 6.07) is 10.8. The van der Waals surface area contributed by atoms with E-state index in [2.05, 4.69) is 44.2 Å². The molecule has 0 spiro atoms. The summed E-state index contributed by atoms with van der Waals surface area (Å²) in [6.07, 6.45) is 8.90. The van der Waals surface area contributed by atoms with Crippen molar-refractivity contribution < 1.29 is 20.1 Å². The van der Waals surface area contributed by atoms with Gasteiger partial charge in [-0.1, -0.05) is 0 Å². The third-order valence-electron chi connectivity index (χ3n) is 3.48. The molecule has 0 aliphatic rings. The van der Waals surface area contributed by atoms with Crippen LogP contribution in [0.25, 0.3) is 0 Å². The molecule has 1 rings (SSSR count). The van der Waals surface area contributed by atoms with Crippen LogP contribution in [0.2, 0.25) is 0 Å². The second kappa shape index (κ2) is 13.0. The zero-order valence-electron chi connectivity index (χ0n) is 15.4. The van der Waals surface area contributed by atoms with Gasteiger partial charge in [-0.05, 0) is 0 Å². The normalized spacial score (nSPS) is 17.9. The van der Waals surface area contributed by atoms with E-state index < -0.39 is 10.6 Å². The van der Waals surface area contributed by atoms with E-state index in [1.807, 2.05) is 14.2 Å². The van der Waals surface area contributed by atoms with Gasteiger partial charge < -0.3 is 0 Å². The van der Waals surface area contributed by atoms with Gasteiger partial charge in [-0.2, -0.15) is 0 Å². The van der Waals surface area contributed by atoms with Crippen molar-refractivity contribution in [2.24, 2.45) is 0 Å². The number of rotatable bonds is 13. The van der Waals surface area contributed by atoms with Crippen LogP contribution in [0.1, 0.15) is 39.5 Å². The first-order valence-electron chi connectivity index (χ1n) is 8.54. The van der Waals surface area contributed by atoms with Gasteiger partial charge in [0.1, 0.15) is 0 Å². The first-order chi connectivity index (χ1) is 11.6. The maximum absolute atomic E-state index is 7.62. The van der Waals surface area contributed by atoms with Gasteiger partial charge in [-0.3, -0.25) is 0 Å². The van der Waals surface area contributed by atoms with E-state index in [0.29, 0.717) is 0 Å². The Morgan fingerprint density at radius 1 is 0.875 bits per heavy atom. The van der Waals surface area contributed by atoms with Gasteiger partial charge in [0.15, 0.2) is 0 Å².